The standard InChI is InChI=1S/C13H25NO3/c1-4-16-12-6-8-14(9-7-12)10-11(3)13(15)17-5-2/h11-12H,4-10H2,1-3H3. The second-order valence-corrected chi connectivity index (χ2v) is 4.61. The van der Waals surface area contributed by atoms with Crippen LogP contribution in [0, 0.1) is 5.92 Å². The summed E-state index contributed by atoms with van der Waals surface area (Å²) in [4.78, 5) is 13.8. The molecule has 1 atom stereocenters. The van der Waals surface area contributed by atoms with Gasteiger partial charge in [-0.05, 0) is 26.7 Å². The van der Waals surface area contributed by atoms with Gasteiger partial charge in [-0.15, -0.1) is 0 Å². The van der Waals surface area contributed by atoms with Crippen LogP contribution in [0.25, 0.3) is 0 Å². The molecular weight excluding hydrogens is 218 g/mol. The molecule has 1 saturated heterocycles. The van der Waals surface area contributed by atoms with Crippen LogP contribution in [-0.2, 0) is 14.3 Å². The number of carbonyl (C=O) groups is 1. The van der Waals surface area contributed by atoms with Gasteiger partial charge in [-0.1, -0.05) is 6.92 Å². The SMILES string of the molecule is CCOC(=O)C(C)CN1CCC(OCC)CC1. The van der Waals surface area contributed by atoms with Gasteiger partial charge < -0.3 is 14.4 Å². The summed E-state index contributed by atoms with van der Waals surface area (Å²) < 4.78 is 10.6. The van der Waals surface area contributed by atoms with Gasteiger partial charge in [-0.25, -0.2) is 0 Å². The van der Waals surface area contributed by atoms with Crippen LogP contribution in [0.1, 0.15) is 33.6 Å². The van der Waals surface area contributed by atoms with Gasteiger partial charge in [0.15, 0.2) is 0 Å². The number of nitrogens with zero attached hydrogens (tertiary/aromatic N) is 1. The monoisotopic (exact) mass is 243 g/mol. The molecule has 0 aromatic rings. The second-order valence-electron chi connectivity index (χ2n) is 4.61. The molecule has 1 aliphatic rings. The first-order valence-electron chi connectivity index (χ1n) is 6.67. The van der Waals surface area contributed by atoms with Gasteiger partial charge in [0.1, 0.15) is 0 Å². The first-order valence-corrected chi connectivity index (χ1v) is 6.67. The maximum atomic E-state index is 11.5. The molecule has 0 N–H and O–H groups in total. The lowest BCUT2D eigenvalue weighted by atomic mass is 10.1. The normalized spacial score (nSPS) is 20.2. The number of hydrogen-bond acceptors (Lipinski definition) is 4. The Hall–Kier alpha value is -0.610. The van der Waals surface area contributed by atoms with Crippen LogP contribution in [0.15, 0.2) is 0 Å². The van der Waals surface area contributed by atoms with Gasteiger partial charge in [-0.3, -0.25) is 4.79 Å². The van der Waals surface area contributed by atoms with Crippen molar-refractivity contribution >= 4 is 5.97 Å². The zero-order valence-electron chi connectivity index (χ0n) is 11.3. The molecule has 1 unspecified atom stereocenters. The summed E-state index contributed by atoms with van der Waals surface area (Å²) in [5, 5.41) is 0. The molecule has 0 aromatic carbocycles. The molecular formula is C13H25NO3. The van der Waals surface area contributed by atoms with Crippen molar-refractivity contribution in [2.45, 2.75) is 39.7 Å². The Labute approximate surface area is 104 Å². The summed E-state index contributed by atoms with van der Waals surface area (Å²) in [6, 6.07) is 0. The largest absolute Gasteiger partial charge is 0.466 e. The Morgan fingerprint density at radius 2 is 1.94 bits per heavy atom. The van der Waals surface area contributed by atoms with Crippen LogP contribution in [0.5, 0.6) is 0 Å². The Morgan fingerprint density at radius 3 is 2.47 bits per heavy atom. The molecule has 4 heteroatoms. The van der Waals surface area contributed by atoms with Crippen LogP contribution in [0.2, 0.25) is 0 Å². The zero-order chi connectivity index (χ0) is 12.7. The van der Waals surface area contributed by atoms with E-state index >= 15 is 0 Å². The Balaban J connectivity index is 2.23. The number of likely N-dealkylation sites (tertiary alicyclic amines) is 1. The number of esters is 1. The van der Waals surface area contributed by atoms with Gasteiger partial charge in [-0.2, -0.15) is 0 Å². The third kappa shape index (κ3) is 5.04. The highest BCUT2D eigenvalue weighted by atomic mass is 16.5. The van der Waals surface area contributed by atoms with E-state index < -0.39 is 0 Å². The van der Waals surface area contributed by atoms with E-state index in [9.17, 15) is 4.79 Å². The number of piperidine rings is 1. The topological polar surface area (TPSA) is 38.8 Å². The van der Waals surface area contributed by atoms with Gasteiger partial charge in [0.2, 0.25) is 0 Å². The Bertz CT molecular complexity index is 225. The predicted molar refractivity (Wildman–Crippen MR) is 66.9 cm³/mol. The van der Waals surface area contributed by atoms with Crippen molar-refractivity contribution in [2.75, 3.05) is 32.8 Å². The van der Waals surface area contributed by atoms with Crippen molar-refractivity contribution in [3.05, 3.63) is 0 Å². The molecule has 0 bridgehead atoms. The summed E-state index contributed by atoms with van der Waals surface area (Å²) in [7, 11) is 0. The molecule has 1 heterocycles. The van der Waals surface area contributed by atoms with Crippen molar-refractivity contribution in [3.63, 3.8) is 0 Å². The van der Waals surface area contributed by atoms with Crippen molar-refractivity contribution in [1.29, 1.82) is 0 Å². The van der Waals surface area contributed by atoms with Gasteiger partial charge in [0.25, 0.3) is 0 Å². The minimum absolute atomic E-state index is 0.0291. The van der Waals surface area contributed by atoms with Crippen LogP contribution >= 0.6 is 0 Å². The van der Waals surface area contributed by atoms with E-state index in [0.29, 0.717) is 12.7 Å². The minimum Gasteiger partial charge on any atom is -0.466 e. The summed E-state index contributed by atoms with van der Waals surface area (Å²) in [5.74, 6) is -0.113. The highest BCUT2D eigenvalue weighted by Gasteiger charge is 2.23. The second kappa shape index (κ2) is 7.67. The number of ether oxygens (including phenoxy) is 2. The fourth-order valence-electron chi connectivity index (χ4n) is 2.24. The highest BCUT2D eigenvalue weighted by Crippen LogP contribution is 2.15. The molecule has 1 aliphatic heterocycles. The summed E-state index contributed by atoms with van der Waals surface area (Å²) in [6.07, 6.45) is 2.56. The van der Waals surface area contributed by atoms with E-state index in [0.717, 1.165) is 39.1 Å². The van der Waals surface area contributed by atoms with Crippen molar-refractivity contribution < 1.29 is 14.3 Å². The quantitative estimate of drug-likeness (QED) is 0.665. The summed E-state index contributed by atoms with van der Waals surface area (Å²) in [6.45, 7) is 9.93. The lowest BCUT2D eigenvalue weighted by Gasteiger charge is -2.32. The zero-order valence-corrected chi connectivity index (χ0v) is 11.3. The molecule has 0 amide bonds. The van der Waals surface area contributed by atoms with E-state index in [1.165, 1.54) is 0 Å². The molecule has 0 saturated carbocycles. The molecule has 1 rings (SSSR count). The molecule has 0 aliphatic carbocycles. The lowest BCUT2D eigenvalue weighted by Crippen LogP contribution is -2.40. The molecule has 1 fully saturated rings. The maximum absolute atomic E-state index is 11.5. The third-order valence-corrected chi connectivity index (χ3v) is 3.16. The van der Waals surface area contributed by atoms with Crippen LogP contribution in [0.3, 0.4) is 0 Å². The number of carbonyl (C=O) groups excluding carboxylic acids is 1. The molecule has 0 radical (unpaired) electrons. The molecule has 100 valence electrons. The van der Waals surface area contributed by atoms with E-state index in [-0.39, 0.29) is 11.9 Å². The average Bonchev–Trinajstić information content (AvgIpc) is 2.32. The molecule has 17 heavy (non-hydrogen) atoms. The average molecular weight is 243 g/mol. The van der Waals surface area contributed by atoms with E-state index in [1.807, 2.05) is 20.8 Å². The third-order valence-electron chi connectivity index (χ3n) is 3.16. The molecule has 0 aromatic heterocycles. The highest BCUT2D eigenvalue weighted by molar-refractivity contribution is 5.72. The fraction of sp³-hybridized carbons (Fsp3) is 0.923. The van der Waals surface area contributed by atoms with E-state index in [1.54, 1.807) is 0 Å². The molecule has 4 nitrogen and oxygen atoms in total. The first-order chi connectivity index (χ1) is 8.17. The summed E-state index contributed by atoms with van der Waals surface area (Å²) >= 11 is 0. The van der Waals surface area contributed by atoms with Gasteiger partial charge in [0.05, 0.1) is 18.6 Å². The van der Waals surface area contributed by atoms with E-state index in [4.69, 9.17) is 9.47 Å². The van der Waals surface area contributed by atoms with Crippen LogP contribution < -0.4 is 0 Å². The molecule has 0 spiro atoms. The number of hydrogen-bond donors (Lipinski definition) is 0. The van der Waals surface area contributed by atoms with E-state index in [2.05, 4.69) is 4.90 Å². The smallest absolute Gasteiger partial charge is 0.309 e. The van der Waals surface area contributed by atoms with Crippen molar-refractivity contribution in [1.82, 2.24) is 4.90 Å². The lowest BCUT2D eigenvalue weighted by molar-refractivity contribution is -0.148. The first kappa shape index (κ1) is 14.5. The van der Waals surface area contributed by atoms with Crippen molar-refractivity contribution in [2.24, 2.45) is 5.92 Å². The predicted octanol–water partition coefficient (Wildman–Crippen LogP) is 1.69. The van der Waals surface area contributed by atoms with Crippen LogP contribution in [-0.4, -0.2) is 49.8 Å². The van der Waals surface area contributed by atoms with Crippen molar-refractivity contribution in [3.8, 4) is 0 Å². The summed E-state index contributed by atoms with van der Waals surface area (Å²) in [5.41, 5.74) is 0. The minimum atomic E-state index is -0.0839. The number of rotatable bonds is 6. The van der Waals surface area contributed by atoms with Gasteiger partial charge in [0, 0.05) is 26.2 Å². The Morgan fingerprint density at radius 1 is 1.29 bits per heavy atom. The fourth-order valence-corrected chi connectivity index (χ4v) is 2.24. The Kier molecular flexibility index (Phi) is 6.52. The maximum Gasteiger partial charge on any atom is 0.309 e. The van der Waals surface area contributed by atoms with Gasteiger partial charge >= 0.3 is 5.97 Å². The van der Waals surface area contributed by atoms with Crippen LogP contribution in [0.4, 0.5) is 0 Å².